The van der Waals surface area contributed by atoms with E-state index in [4.69, 9.17) is 16.2 Å². The molecule has 1 aliphatic rings. The maximum Gasteiger partial charge on any atom is 0.421 e. The molecular formula is C19H23F3N6O2. The molecule has 1 heterocycles. The van der Waals surface area contributed by atoms with Crippen molar-refractivity contribution in [3.63, 3.8) is 0 Å². The monoisotopic (exact) mass is 424 g/mol. The zero-order valence-corrected chi connectivity index (χ0v) is 16.3. The molecule has 0 unspecified atom stereocenters. The highest BCUT2D eigenvalue weighted by atomic mass is 19.4. The first-order valence-corrected chi connectivity index (χ1v) is 9.38. The summed E-state index contributed by atoms with van der Waals surface area (Å²) in [5.41, 5.74) is 10.8. The molecule has 1 fully saturated rings. The first kappa shape index (κ1) is 21.6. The predicted octanol–water partition coefficient (Wildman–Crippen LogP) is 3.03. The maximum absolute atomic E-state index is 13.4. The number of hydrogen-bond donors (Lipinski definition) is 4. The van der Waals surface area contributed by atoms with Crippen LogP contribution in [0.15, 0.2) is 24.4 Å². The van der Waals surface area contributed by atoms with Crippen LogP contribution in [0.25, 0.3) is 0 Å². The van der Waals surface area contributed by atoms with Crippen LogP contribution in [0.3, 0.4) is 0 Å². The molecule has 11 heteroatoms. The third kappa shape index (κ3) is 5.09. The van der Waals surface area contributed by atoms with Gasteiger partial charge < -0.3 is 26.8 Å². The van der Waals surface area contributed by atoms with Gasteiger partial charge in [-0.25, -0.2) is 4.98 Å². The number of halogens is 3. The highest BCUT2D eigenvalue weighted by Gasteiger charge is 2.36. The van der Waals surface area contributed by atoms with Crippen LogP contribution >= 0.6 is 0 Å². The fourth-order valence-corrected chi connectivity index (χ4v) is 3.32. The number of carbonyl (C=O) groups excluding carboxylic acids is 1. The molecule has 30 heavy (non-hydrogen) atoms. The number of nitrogens with one attached hydrogen (secondary N) is 2. The molecule has 0 radical (unpaired) electrons. The van der Waals surface area contributed by atoms with Gasteiger partial charge in [-0.3, -0.25) is 4.79 Å². The van der Waals surface area contributed by atoms with Crippen LogP contribution in [0, 0.1) is 0 Å². The van der Waals surface area contributed by atoms with Crippen molar-refractivity contribution in [2.45, 2.75) is 43.9 Å². The Hall–Kier alpha value is -3.08. The van der Waals surface area contributed by atoms with E-state index in [1.165, 1.54) is 25.3 Å². The van der Waals surface area contributed by atoms with Crippen LogP contribution in [0.4, 0.5) is 30.6 Å². The fourth-order valence-electron chi connectivity index (χ4n) is 3.32. The SMILES string of the molecule is COc1cc(Nc2ncc(C(F)(F)F)c(NC3CCC(N)CC3)n2)ccc1C(N)=O. The number of anilines is 3. The second-order valence-corrected chi connectivity index (χ2v) is 7.11. The van der Waals surface area contributed by atoms with E-state index < -0.39 is 17.6 Å². The zero-order valence-electron chi connectivity index (χ0n) is 16.3. The Balaban J connectivity index is 1.86. The van der Waals surface area contributed by atoms with Crippen molar-refractivity contribution in [3.05, 3.63) is 35.5 Å². The molecule has 1 aliphatic carbocycles. The molecule has 0 aliphatic heterocycles. The van der Waals surface area contributed by atoms with E-state index in [1.54, 1.807) is 0 Å². The Morgan fingerprint density at radius 2 is 1.93 bits per heavy atom. The van der Waals surface area contributed by atoms with Gasteiger partial charge in [0.1, 0.15) is 17.1 Å². The van der Waals surface area contributed by atoms with Gasteiger partial charge in [0.15, 0.2) is 0 Å². The van der Waals surface area contributed by atoms with Gasteiger partial charge in [-0.15, -0.1) is 0 Å². The summed E-state index contributed by atoms with van der Waals surface area (Å²) in [4.78, 5) is 19.2. The average molecular weight is 424 g/mol. The van der Waals surface area contributed by atoms with E-state index in [0.717, 1.165) is 19.0 Å². The van der Waals surface area contributed by atoms with Crippen LogP contribution in [0.2, 0.25) is 0 Å². The minimum Gasteiger partial charge on any atom is -0.496 e. The number of carbonyl (C=O) groups is 1. The molecule has 1 saturated carbocycles. The van der Waals surface area contributed by atoms with Gasteiger partial charge in [-0.1, -0.05) is 0 Å². The molecule has 0 atom stereocenters. The lowest BCUT2D eigenvalue weighted by molar-refractivity contribution is -0.137. The number of alkyl halides is 3. The van der Waals surface area contributed by atoms with Gasteiger partial charge in [-0.2, -0.15) is 18.2 Å². The molecule has 0 saturated heterocycles. The summed E-state index contributed by atoms with van der Waals surface area (Å²) in [5.74, 6) is -0.771. The topological polar surface area (TPSA) is 128 Å². The summed E-state index contributed by atoms with van der Waals surface area (Å²) in [6.45, 7) is 0. The van der Waals surface area contributed by atoms with Crippen molar-refractivity contribution in [1.29, 1.82) is 0 Å². The van der Waals surface area contributed by atoms with Crippen LogP contribution in [-0.2, 0) is 6.18 Å². The molecule has 0 spiro atoms. The lowest BCUT2D eigenvalue weighted by atomic mass is 9.92. The third-order valence-electron chi connectivity index (χ3n) is 4.93. The number of ether oxygens (including phenoxy) is 1. The summed E-state index contributed by atoms with van der Waals surface area (Å²) in [7, 11) is 1.37. The van der Waals surface area contributed by atoms with Gasteiger partial charge in [0.2, 0.25) is 5.95 Å². The highest BCUT2D eigenvalue weighted by molar-refractivity contribution is 5.96. The maximum atomic E-state index is 13.4. The number of hydrogen-bond acceptors (Lipinski definition) is 7. The van der Waals surface area contributed by atoms with E-state index in [0.29, 0.717) is 18.5 Å². The summed E-state index contributed by atoms with van der Waals surface area (Å²) in [5, 5.41) is 5.72. The Kier molecular flexibility index (Phi) is 6.30. The minimum atomic E-state index is -4.60. The number of nitrogens with two attached hydrogens (primary N) is 2. The highest BCUT2D eigenvalue weighted by Crippen LogP contribution is 2.35. The predicted molar refractivity (Wildman–Crippen MR) is 106 cm³/mol. The minimum absolute atomic E-state index is 0.0353. The van der Waals surface area contributed by atoms with Crippen molar-refractivity contribution in [2.75, 3.05) is 17.7 Å². The van der Waals surface area contributed by atoms with E-state index in [2.05, 4.69) is 20.6 Å². The molecule has 6 N–H and O–H groups in total. The van der Waals surface area contributed by atoms with Gasteiger partial charge in [0, 0.05) is 30.0 Å². The quantitative estimate of drug-likeness (QED) is 0.561. The normalized spacial score (nSPS) is 19.2. The van der Waals surface area contributed by atoms with Crippen molar-refractivity contribution < 1.29 is 22.7 Å². The largest absolute Gasteiger partial charge is 0.496 e. The molecular weight excluding hydrogens is 401 g/mol. The van der Waals surface area contributed by atoms with Crippen molar-refractivity contribution in [3.8, 4) is 5.75 Å². The first-order chi connectivity index (χ1) is 14.2. The Bertz CT molecular complexity index is 914. The number of aromatic nitrogens is 2. The lowest BCUT2D eigenvalue weighted by Gasteiger charge is -2.28. The zero-order chi connectivity index (χ0) is 21.9. The number of primary amides is 1. The molecule has 8 nitrogen and oxygen atoms in total. The first-order valence-electron chi connectivity index (χ1n) is 9.38. The Morgan fingerprint density at radius 3 is 2.53 bits per heavy atom. The summed E-state index contributed by atoms with van der Waals surface area (Å²) >= 11 is 0. The van der Waals surface area contributed by atoms with Crippen molar-refractivity contribution >= 4 is 23.4 Å². The summed E-state index contributed by atoms with van der Waals surface area (Å²) < 4.78 is 45.4. The summed E-state index contributed by atoms with van der Waals surface area (Å²) in [6, 6.07) is 4.38. The number of benzene rings is 1. The third-order valence-corrected chi connectivity index (χ3v) is 4.93. The van der Waals surface area contributed by atoms with E-state index in [9.17, 15) is 18.0 Å². The summed E-state index contributed by atoms with van der Waals surface area (Å²) in [6.07, 6.45) is -1.06. The number of nitrogens with zero attached hydrogens (tertiary/aromatic N) is 2. The molecule has 1 aromatic heterocycles. The van der Waals surface area contributed by atoms with Crippen LogP contribution < -0.4 is 26.8 Å². The van der Waals surface area contributed by atoms with Crippen LogP contribution in [-0.4, -0.2) is 35.1 Å². The Labute approximate surface area is 171 Å². The average Bonchev–Trinajstić information content (AvgIpc) is 2.68. The van der Waals surface area contributed by atoms with Crippen LogP contribution in [0.1, 0.15) is 41.6 Å². The van der Waals surface area contributed by atoms with Gasteiger partial charge in [0.05, 0.1) is 12.7 Å². The molecule has 3 rings (SSSR count). The van der Waals surface area contributed by atoms with Crippen molar-refractivity contribution in [1.82, 2.24) is 9.97 Å². The molecule has 1 aromatic carbocycles. The molecule has 2 aromatic rings. The van der Waals surface area contributed by atoms with E-state index in [1.807, 2.05) is 0 Å². The molecule has 0 bridgehead atoms. The second kappa shape index (κ2) is 8.74. The van der Waals surface area contributed by atoms with Gasteiger partial charge in [0.25, 0.3) is 5.91 Å². The number of methoxy groups -OCH3 is 1. The fraction of sp³-hybridized carbons (Fsp3) is 0.421. The van der Waals surface area contributed by atoms with Gasteiger partial charge >= 0.3 is 6.18 Å². The van der Waals surface area contributed by atoms with E-state index >= 15 is 0 Å². The second-order valence-electron chi connectivity index (χ2n) is 7.11. The Morgan fingerprint density at radius 1 is 1.23 bits per heavy atom. The smallest absolute Gasteiger partial charge is 0.421 e. The number of rotatable bonds is 6. The van der Waals surface area contributed by atoms with Crippen molar-refractivity contribution in [2.24, 2.45) is 11.5 Å². The lowest BCUT2D eigenvalue weighted by Crippen LogP contribution is -2.33. The van der Waals surface area contributed by atoms with E-state index in [-0.39, 0.29) is 35.2 Å². The number of amides is 1. The van der Waals surface area contributed by atoms with Crippen LogP contribution in [0.5, 0.6) is 5.75 Å². The standard InChI is InChI=1S/C19H23F3N6O2/c1-30-15-8-12(6-7-13(15)16(24)29)27-18-25-9-14(19(20,21)22)17(28-18)26-11-4-2-10(23)3-5-11/h6-11H,2-5,23H2,1H3,(H2,24,29)(H2,25,26,27,28). The molecule has 162 valence electrons. The van der Waals surface area contributed by atoms with Gasteiger partial charge in [-0.05, 0) is 37.8 Å². The molecule has 1 amide bonds.